The first kappa shape index (κ1) is 14.9. The Morgan fingerprint density at radius 2 is 2.00 bits per heavy atom. The van der Waals surface area contributed by atoms with Crippen LogP contribution in [0.3, 0.4) is 0 Å². The van der Waals surface area contributed by atoms with Gasteiger partial charge < -0.3 is 5.32 Å². The Morgan fingerprint density at radius 3 is 2.68 bits per heavy atom. The van der Waals surface area contributed by atoms with E-state index in [-0.39, 0.29) is 0 Å². The van der Waals surface area contributed by atoms with Crippen LogP contribution in [0.15, 0.2) is 35.2 Å². The molecular weight excluding hydrogens is 294 g/mol. The minimum atomic E-state index is 0.862. The number of thioether (sulfide) groups is 1. The van der Waals surface area contributed by atoms with E-state index >= 15 is 0 Å². The van der Waals surface area contributed by atoms with Gasteiger partial charge in [0.25, 0.3) is 0 Å². The third kappa shape index (κ3) is 4.84. The average molecular weight is 312 g/mol. The summed E-state index contributed by atoms with van der Waals surface area (Å²) in [6, 6.07) is 10.7. The second kappa shape index (κ2) is 7.34. The molecule has 2 aromatic rings. The summed E-state index contributed by atoms with van der Waals surface area (Å²) in [5.41, 5.74) is 2.73. The number of rotatable bonds is 6. The topological polar surface area (TPSA) is 12.0 Å². The van der Waals surface area contributed by atoms with Crippen molar-refractivity contribution >= 4 is 34.7 Å². The predicted molar refractivity (Wildman–Crippen MR) is 87.7 cm³/mol. The first-order valence-electron chi connectivity index (χ1n) is 6.30. The molecule has 0 aliphatic carbocycles. The summed E-state index contributed by atoms with van der Waals surface area (Å²) < 4.78 is 0.862. The summed E-state index contributed by atoms with van der Waals surface area (Å²) in [7, 11) is 0. The molecule has 19 heavy (non-hydrogen) atoms. The van der Waals surface area contributed by atoms with Crippen LogP contribution in [0, 0.1) is 13.8 Å². The molecule has 0 aliphatic heterocycles. The van der Waals surface area contributed by atoms with Crippen molar-refractivity contribution in [2.24, 2.45) is 0 Å². The zero-order valence-electron chi connectivity index (χ0n) is 11.2. The molecule has 0 unspecified atom stereocenters. The van der Waals surface area contributed by atoms with Crippen molar-refractivity contribution in [3.8, 4) is 0 Å². The fourth-order valence-corrected chi connectivity index (χ4v) is 3.67. The van der Waals surface area contributed by atoms with E-state index in [0.717, 1.165) is 23.2 Å². The molecule has 0 aliphatic rings. The van der Waals surface area contributed by atoms with Gasteiger partial charge in [-0.3, -0.25) is 0 Å². The molecule has 0 fully saturated rings. The Hall–Kier alpha value is -0.480. The van der Waals surface area contributed by atoms with Gasteiger partial charge in [-0.1, -0.05) is 17.7 Å². The predicted octanol–water partition coefficient (Wildman–Crippen LogP) is 4.90. The third-order valence-electron chi connectivity index (χ3n) is 2.95. The monoisotopic (exact) mass is 311 g/mol. The van der Waals surface area contributed by atoms with Crippen LogP contribution < -0.4 is 5.32 Å². The zero-order chi connectivity index (χ0) is 13.7. The van der Waals surface area contributed by atoms with Crippen molar-refractivity contribution in [2.75, 3.05) is 12.3 Å². The van der Waals surface area contributed by atoms with Crippen molar-refractivity contribution < 1.29 is 0 Å². The fourth-order valence-electron chi connectivity index (χ4n) is 1.70. The third-order valence-corrected chi connectivity index (χ3v) is 5.18. The molecular formula is C15H18ClNS2. The second-order valence-electron chi connectivity index (χ2n) is 4.48. The molecule has 0 bridgehead atoms. The van der Waals surface area contributed by atoms with Gasteiger partial charge >= 0.3 is 0 Å². The number of nitrogens with one attached hydrogen (secondary N) is 1. The number of thiophene rings is 1. The zero-order valence-corrected chi connectivity index (χ0v) is 13.6. The number of benzene rings is 1. The second-order valence-corrected chi connectivity index (χ2v) is 7.45. The van der Waals surface area contributed by atoms with Crippen LogP contribution in [0.2, 0.25) is 4.34 Å². The van der Waals surface area contributed by atoms with E-state index < -0.39 is 0 Å². The van der Waals surface area contributed by atoms with E-state index in [4.69, 9.17) is 11.6 Å². The average Bonchev–Trinajstić information content (AvgIpc) is 2.79. The Morgan fingerprint density at radius 1 is 1.16 bits per heavy atom. The Kier molecular flexibility index (Phi) is 5.76. The molecule has 1 aromatic heterocycles. The molecule has 0 radical (unpaired) electrons. The SMILES string of the molecule is Cc1ccc(SCCNCc2ccc(Cl)s2)cc1C. The van der Waals surface area contributed by atoms with Gasteiger partial charge in [0, 0.05) is 28.6 Å². The van der Waals surface area contributed by atoms with Crippen LogP contribution >= 0.6 is 34.7 Å². The van der Waals surface area contributed by atoms with Crippen LogP contribution in [0.5, 0.6) is 0 Å². The van der Waals surface area contributed by atoms with Crippen molar-refractivity contribution in [2.45, 2.75) is 25.3 Å². The molecule has 0 saturated carbocycles. The Balaban J connectivity index is 1.67. The van der Waals surface area contributed by atoms with E-state index in [1.807, 2.05) is 17.8 Å². The van der Waals surface area contributed by atoms with Crippen molar-refractivity contribution in [3.05, 3.63) is 50.7 Å². The van der Waals surface area contributed by atoms with E-state index in [9.17, 15) is 0 Å². The quantitative estimate of drug-likeness (QED) is 0.601. The first-order chi connectivity index (χ1) is 9.15. The molecule has 1 N–H and O–H groups in total. The largest absolute Gasteiger partial charge is 0.311 e. The highest BCUT2D eigenvalue weighted by Crippen LogP contribution is 2.22. The van der Waals surface area contributed by atoms with Crippen LogP contribution in [0.1, 0.15) is 16.0 Å². The number of hydrogen-bond donors (Lipinski definition) is 1. The van der Waals surface area contributed by atoms with Gasteiger partial charge in [-0.25, -0.2) is 0 Å². The molecule has 1 nitrogen and oxygen atoms in total. The lowest BCUT2D eigenvalue weighted by Gasteiger charge is -2.06. The smallest absolute Gasteiger partial charge is 0.0931 e. The maximum atomic E-state index is 5.89. The summed E-state index contributed by atoms with van der Waals surface area (Å²) in [6.07, 6.45) is 0. The maximum Gasteiger partial charge on any atom is 0.0931 e. The van der Waals surface area contributed by atoms with Gasteiger partial charge in [0.05, 0.1) is 4.34 Å². The lowest BCUT2D eigenvalue weighted by Crippen LogP contribution is -2.15. The van der Waals surface area contributed by atoms with Gasteiger partial charge in [-0.2, -0.15) is 0 Å². The van der Waals surface area contributed by atoms with Gasteiger partial charge in [0.1, 0.15) is 0 Å². The fraction of sp³-hybridized carbons (Fsp3) is 0.333. The molecule has 0 spiro atoms. The van der Waals surface area contributed by atoms with Crippen molar-refractivity contribution in [1.29, 1.82) is 0 Å². The Labute approximate surface area is 128 Å². The van der Waals surface area contributed by atoms with Crippen LogP contribution in [0.25, 0.3) is 0 Å². The minimum absolute atomic E-state index is 0.862. The van der Waals surface area contributed by atoms with E-state index in [2.05, 4.69) is 43.4 Å². The molecule has 0 amide bonds. The van der Waals surface area contributed by atoms with E-state index in [1.165, 1.54) is 20.9 Å². The highest BCUT2D eigenvalue weighted by atomic mass is 35.5. The standard InChI is InChI=1S/C15H18ClNS2/c1-11-3-4-13(9-12(11)2)18-8-7-17-10-14-5-6-15(16)19-14/h3-6,9,17H,7-8,10H2,1-2H3. The van der Waals surface area contributed by atoms with Crippen molar-refractivity contribution in [3.63, 3.8) is 0 Å². The Bertz CT molecular complexity index is 537. The molecule has 0 saturated heterocycles. The molecule has 102 valence electrons. The maximum absolute atomic E-state index is 5.89. The van der Waals surface area contributed by atoms with E-state index in [1.54, 1.807) is 11.3 Å². The highest BCUT2D eigenvalue weighted by molar-refractivity contribution is 7.99. The van der Waals surface area contributed by atoms with Gasteiger partial charge in [0.15, 0.2) is 0 Å². The lowest BCUT2D eigenvalue weighted by molar-refractivity contribution is 0.741. The highest BCUT2D eigenvalue weighted by Gasteiger charge is 1.99. The van der Waals surface area contributed by atoms with Gasteiger partial charge in [0.2, 0.25) is 0 Å². The van der Waals surface area contributed by atoms with Crippen molar-refractivity contribution in [1.82, 2.24) is 5.32 Å². The minimum Gasteiger partial charge on any atom is -0.311 e. The molecule has 0 atom stereocenters. The van der Waals surface area contributed by atoms with E-state index in [0.29, 0.717) is 0 Å². The number of halogens is 1. The summed E-state index contributed by atoms with van der Waals surface area (Å²) in [4.78, 5) is 2.64. The first-order valence-corrected chi connectivity index (χ1v) is 8.48. The lowest BCUT2D eigenvalue weighted by atomic mass is 10.1. The van der Waals surface area contributed by atoms with Crippen LogP contribution in [-0.2, 0) is 6.54 Å². The molecule has 1 aromatic carbocycles. The summed E-state index contributed by atoms with van der Waals surface area (Å²) in [5, 5.41) is 3.44. The summed E-state index contributed by atoms with van der Waals surface area (Å²) in [6.45, 7) is 6.23. The normalized spacial score (nSPS) is 10.9. The summed E-state index contributed by atoms with van der Waals surface area (Å²) >= 11 is 9.44. The van der Waals surface area contributed by atoms with Crippen LogP contribution in [-0.4, -0.2) is 12.3 Å². The number of hydrogen-bond acceptors (Lipinski definition) is 3. The van der Waals surface area contributed by atoms with Crippen LogP contribution in [0.4, 0.5) is 0 Å². The van der Waals surface area contributed by atoms with Gasteiger partial charge in [-0.05, 0) is 49.2 Å². The molecule has 2 rings (SSSR count). The van der Waals surface area contributed by atoms with Gasteiger partial charge in [-0.15, -0.1) is 23.1 Å². The summed E-state index contributed by atoms with van der Waals surface area (Å²) in [5.74, 6) is 1.08. The molecule has 1 heterocycles. The number of aryl methyl sites for hydroxylation is 2. The molecule has 4 heteroatoms.